The van der Waals surface area contributed by atoms with Gasteiger partial charge in [-0.1, -0.05) is 34.8 Å². The quantitative estimate of drug-likeness (QED) is 0.674. The molecule has 3 nitrogen and oxygen atoms in total. The van der Waals surface area contributed by atoms with Gasteiger partial charge in [-0.25, -0.2) is 0 Å². The van der Waals surface area contributed by atoms with Gasteiger partial charge in [0.2, 0.25) is 0 Å². The molecule has 1 aromatic carbocycles. The van der Waals surface area contributed by atoms with Crippen LogP contribution in [0.4, 0.5) is 5.69 Å². The Hall–Kier alpha value is -0.640. The summed E-state index contributed by atoms with van der Waals surface area (Å²) in [5.41, 5.74) is 0.543. The highest BCUT2D eigenvalue weighted by molar-refractivity contribution is 6.44. The van der Waals surface area contributed by atoms with E-state index in [4.69, 9.17) is 39.5 Å². The van der Waals surface area contributed by atoms with Gasteiger partial charge in [0.1, 0.15) is 6.54 Å². The van der Waals surface area contributed by atoms with Crippen molar-refractivity contribution in [2.45, 2.75) is 20.0 Å². The first-order valence-electron chi connectivity index (χ1n) is 4.98. The van der Waals surface area contributed by atoms with Crippen LogP contribution in [0, 0.1) is 0 Å². The van der Waals surface area contributed by atoms with Crippen LogP contribution in [0.5, 0.6) is 0 Å². The molecule has 0 aromatic heterocycles. The Labute approximate surface area is 115 Å². The summed E-state index contributed by atoms with van der Waals surface area (Å²) in [4.78, 5) is 11.3. The minimum atomic E-state index is -0.359. The van der Waals surface area contributed by atoms with E-state index in [2.05, 4.69) is 5.32 Å². The minimum Gasteiger partial charge on any atom is -0.462 e. The Balaban J connectivity index is 2.63. The minimum absolute atomic E-state index is 0.0237. The highest BCUT2D eigenvalue weighted by Gasteiger charge is 2.09. The summed E-state index contributed by atoms with van der Waals surface area (Å²) in [6.45, 7) is 3.59. The molecule has 0 unspecified atom stereocenters. The number of hydrogen-bond acceptors (Lipinski definition) is 3. The van der Waals surface area contributed by atoms with Crippen LogP contribution in [-0.4, -0.2) is 18.6 Å². The van der Waals surface area contributed by atoms with E-state index in [1.54, 1.807) is 19.9 Å². The second-order valence-electron chi connectivity index (χ2n) is 3.64. The van der Waals surface area contributed by atoms with Crippen molar-refractivity contribution in [1.82, 2.24) is 0 Å². The van der Waals surface area contributed by atoms with E-state index < -0.39 is 0 Å². The summed E-state index contributed by atoms with van der Waals surface area (Å²) in [6, 6.07) is 3.08. The predicted molar refractivity (Wildman–Crippen MR) is 71.2 cm³/mol. The summed E-state index contributed by atoms with van der Waals surface area (Å²) in [6.07, 6.45) is -0.145. The van der Waals surface area contributed by atoms with Crippen LogP contribution in [0.1, 0.15) is 13.8 Å². The smallest absolute Gasteiger partial charge is 0.325 e. The molecule has 0 saturated carbocycles. The molecule has 0 heterocycles. The number of esters is 1. The van der Waals surface area contributed by atoms with Gasteiger partial charge in [0.25, 0.3) is 0 Å². The lowest BCUT2D eigenvalue weighted by atomic mass is 10.3. The molecule has 1 N–H and O–H groups in total. The fourth-order valence-electron chi connectivity index (χ4n) is 1.13. The van der Waals surface area contributed by atoms with E-state index >= 15 is 0 Å². The number of carbonyl (C=O) groups is 1. The normalized spacial score (nSPS) is 10.5. The van der Waals surface area contributed by atoms with Crippen molar-refractivity contribution < 1.29 is 9.53 Å². The van der Waals surface area contributed by atoms with Crippen LogP contribution >= 0.6 is 34.8 Å². The average Bonchev–Trinajstić information content (AvgIpc) is 2.20. The number of halogens is 3. The van der Waals surface area contributed by atoms with Crippen LogP contribution in [0.15, 0.2) is 12.1 Å². The van der Waals surface area contributed by atoms with Gasteiger partial charge < -0.3 is 10.1 Å². The van der Waals surface area contributed by atoms with Crippen molar-refractivity contribution in [3.63, 3.8) is 0 Å². The highest BCUT2D eigenvalue weighted by Crippen LogP contribution is 2.32. The summed E-state index contributed by atoms with van der Waals surface area (Å²) < 4.78 is 4.96. The maximum absolute atomic E-state index is 11.3. The first-order valence-corrected chi connectivity index (χ1v) is 6.11. The van der Waals surface area contributed by atoms with Gasteiger partial charge in [-0.15, -0.1) is 0 Å². The van der Waals surface area contributed by atoms with Crippen LogP contribution in [0.25, 0.3) is 0 Å². The molecule has 0 fully saturated rings. The van der Waals surface area contributed by atoms with Crippen molar-refractivity contribution in [3.05, 3.63) is 27.2 Å². The maximum atomic E-state index is 11.3. The van der Waals surface area contributed by atoms with E-state index in [0.717, 1.165) is 0 Å². The SMILES string of the molecule is CC(C)OC(=O)CNc1cc(Cl)c(Cl)cc1Cl. The zero-order chi connectivity index (χ0) is 13.0. The molecule has 6 heteroatoms. The molecule has 1 aromatic rings. The number of carbonyl (C=O) groups excluding carboxylic acids is 1. The lowest BCUT2D eigenvalue weighted by Crippen LogP contribution is -2.20. The molecule has 0 aliphatic carbocycles. The molecule has 0 saturated heterocycles. The molecular formula is C11H12Cl3NO2. The molecule has 0 radical (unpaired) electrons. The zero-order valence-corrected chi connectivity index (χ0v) is 11.7. The third kappa shape index (κ3) is 4.62. The van der Waals surface area contributed by atoms with Gasteiger partial charge in [-0.2, -0.15) is 0 Å². The summed E-state index contributed by atoms with van der Waals surface area (Å²) in [5.74, 6) is -0.359. The largest absolute Gasteiger partial charge is 0.462 e. The van der Waals surface area contributed by atoms with Gasteiger partial charge in [-0.05, 0) is 26.0 Å². The molecule has 0 amide bonds. The molecule has 0 aliphatic rings. The fraction of sp³-hybridized carbons (Fsp3) is 0.364. The summed E-state index contributed by atoms with van der Waals surface area (Å²) in [7, 11) is 0. The third-order valence-electron chi connectivity index (χ3n) is 1.80. The van der Waals surface area contributed by atoms with Gasteiger partial charge >= 0.3 is 5.97 Å². The number of anilines is 1. The van der Waals surface area contributed by atoms with Crippen LogP contribution in [0.2, 0.25) is 15.1 Å². The molecule has 17 heavy (non-hydrogen) atoms. The van der Waals surface area contributed by atoms with Crippen molar-refractivity contribution in [2.24, 2.45) is 0 Å². The number of hydrogen-bond donors (Lipinski definition) is 1. The predicted octanol–water partition coefficient (Wildman–Crippen LogP) is 4.01. The van der Waals surface area contributed by atoms with Gasteiger partial charge in [0, 0.05) is 0 Å². The number of benzene rings is 1. The molecule has 0 atom stereocenters. The summed E-state index contributed by atoms with van der Waals surface area (Å²) >= 11 is 17.6. The van der Waals surface area contributed by atoms with Crippen molar-refractivity contribution in [2.75, 3.05) is 11.9 Å². The number of nitrogens with one attached hydrogen (secondary N) is 1. The van der Waals surface area contributed by atoms with E-state index in [0.29, 0.717) is 20.8 Å². The zero-order valence-electron chi connectivity index (χ0n) is 9.39. The molecule has 0 spiro atoms. The van der Waals surface area contributed by atoms with E-state index in [-0.39, 0.29) is 18.6 Å². The number of rotatable bonds is 4. The molecule has 94 valence electrons. The molecular weight excluding hydrogens is 284 g/mol. The fourth-order valence-corrected chi connectivity index (χ4v) is 1.74. The van der Waals surface area contributed by atoms with Crippen LogP contribution in [-0.2, 0) is 9.53 Å². The first kappa shape index (κ1) is 14.4. The van der Waals surface area contributed by atoms with Crippen molar-refractivity contribution in [3.8, 4) is 0 Å². The lowest BCUT2D eigenvalue weighted by molar-refractivity contribution is -0.145. The second-order valence-corrected chi connectivity index (χ2v) is 4.86. The lowest BCUT2D eigenvalue weighted by Gasteiger charge is -2.11. The standard InChI is InChI=1S/C11H12Cl3NO2/c1-6(2)17-11(16)5-15-10-4-8(13)7(12)3-9(10)14/h3-4,6,15H,5H2,1-2H3. The van der Waals surface area contributed by atoms with Gasteiger partial charge in [-0.3, -0.25) is 4.79 Å². The van der Waals surface area contributed by atoms with Crippen molar-refractivity contribution >= 4 is 46.5 Å². The monoisotopic (exact) mass is 295 g/mol. The molecule has 0 aliphatic heterocycles. The second kappa shape index (κ2) is 6.34. The van der Waals surface area contributed by atoms with Gasteiger partial charge in [0.15, 0.2) is 0 Å². The van der Waals surface area contributed by atoms with Crippen LogP contribution in [0.3, 0.4) is 0 Å². The Morgan fingerprint density at radius 2 is 1.82 bits per heavy atom. The van der Waals surface area contributed by atoms with E-state index in [1.807, 2.05) is 0 Å². The third-order valence-corrected chi connectivity index (χ3v) is 2.84. The Morgan fingerprint density at radius 3 is 2.41 bits per heavy atom. The molecule has 1 rings (SSSR count). The van der Waals surface area contributed by atoms with Crippen LogP contribution < -0.4 is 5.32 Å². The Bertz CT molecular complexity index is 421. The van der Waals surface area contributed by atoms with E-state index in [9.17, 15) is 4.79 Å². The first-order chi connectivity index (χ1) is 7.90. The maximum Gasteiger partial charge on any atom is 0.325 e. The average molecular weight is 297 g/mol. The van der Waals surface area contributed by atoms with Gasteiger partial charge in [0.05, 0.1) is 26.9 Å². The topological polar surface area (TPSA) is 38.3 Å². The van der Waals surface area contributed by atoms with Crippen molar-refractivity contribution in [1.29, 1.82) is 0 Å². The summed E-state index contributed by atoms with van der Waals surface area (Å²) in [5, 5.41) is 3.97. The highest BCUT2D eigenvalue weighted by atomic mass is 35.5. The molecule has 0 bridgehead atoms. The Kier molecular flexibility index (Phi) is 5.37. The van der Waals surface area contributed by atoms with E-state index in [1.165, 1.54) is 6.07 Å². The number of ether oxygens (including phenoxy) is 1. The Morgan fingerprint density at radius 1 is 1.24 bits per heavy atom.